The molecule has 25 heavy (non-hydrogen) atoms. The summed E-state index contributed by atoms with van der Waals surface area (Å²) in [5, 5.41) is 4.92. The van der Waals surface area contributed by atoms with Crippen molar-refractivity contribution in [2.75, 3.05) is 13.6 Å². The molecule has 1 fully saturated rings. The van der Waals surface area contributed by atoms with E-state index in [1.165, 1.54) is 12.1 Å². The van der Waals surface area contributed by atoms with Gasteiger partial charge in [0.15, 0.2) is 0 Å². The van der Waals surface area contributed by atoms with Crippen molar-refractivity contribution in [3.63, 3.8) is 0 Å². The lowest BCUT2D eigenvalue weighted by Gasteiger charge is -2.24. The van der Waals surface area contributed by atoms with Crippen LogP contribution in [0.1, 0.15) is 35.7 Å². The number of likely N-dealkylation sites (tertiary alicyclic amines) is 1. The fraction of sp³-hybridized carbons (Fsp3) is 0.368. The number of nitrogens with zero attached hydrogens (tertiary/aromatic N) is 1. The van der Waals surface area contributed by atoms with E-state index in [0.29, 0.717) is 6.54 Å². The van der Waals surface area contributed by atoms with Crippen molar-refractivity contribution in [1.82, 2.24) is 10.2 Å². The maximum atomic E-state index is 13.0. The van der Waals surface area contributed by atoms with Gasteiger partial charge in [0.1, 0.15) is 5.82 Å². The van der Waals surface area contributed by atoms with Gasteiger partial charge in [-0.2, -0.15) is 0 Å². The molecular weight excluding hydrogens is 339 g/mol. The van der Waals surface area contributed by atoms with Crippen LogP contribution in [-0.4, -0.2) is 30.3 Å². The van der Waals surface area contributed by atoms with Crippen LogP contribution in [0.4, 0.5) is 4.39 Å². The quantitative estimate of drug-likeness (QED) is 0.889. The minimum Gasteiger partial charge on any atom is -0.355 e. The molecule has 1 aliphatic heterocycles. The molecular formula is C19H21FN2O2S. The second-order valence-electron chi connectivity index (χ2n) is 6.47. The van der Waals surface area contributed by atoms with Gasteiger partial charge in [-0.3, -0.25) is 9.59 Å². The van der Waals surface area contributed by atoms with Gasteiger partial charge < -0.3 is 10.2 Å². The standard InChI is InChI=1S/C19H21FN2O2S/c1-12(13-5-7-14(20)8-6-13)11-21-19(24)15-10-17(23)22(2)18(15)16-4-3-9-25-16/h3-9,12,15,18H,10-11H2,1-2H3,(H,21,24). The van der Waals surface area contributed by atoms with Crippen LogP contribution in [0.5, 0.6) is 0 Å². The van der Waals surface area contributed by atoms with Crippen LogP contribution in [0.2, 0.25) is 0 Å². The Bertz CT molecular complexity index is 745. The highest BCUT2D eigenvalue weighted by molar-refractivity contribution is 7.10. The van der Waals surface area contributed by atoms with Gasteiger partial charge in [-0.25, -0.2) is 4.39 Å². The summed E-state index contributed by atoms with van der Waals surface area (Å²) in [4.78, 5) is 27.5. The van der Waals surface area contributed by atoms with E-state index in [4.69, 9.17) is 0 Å². The SMILES string of the molecule is CC(CNC(=O)C1CC(=O)N(C)C1c1cccs1)c1ccc(F)cc1. The van der Waals surface area contributed by atoms with E-state index in [0.717, 1.165) is 10.4 Å². The highest BCUT2D eigenvalue weighted by Gasteiger charge is 2.43. The summed E-state index contributed by atoms with van der Waals surface area (Å²) in [5.41, 5.74) is 0.969. The van der Waals surface area contributed by atoms with Crippen molar-refractivity contribution in [3.8, 4) is 0 Å². The average Bonchev–Trinajstić information content (AvgIpc) is 3.22. The Morgan fingerprint density at radius 3 is 2.72 bits per heavy atom. The van der Waals surface area contributed by atoms with E-state index in [2.05, 4.69) is 5.32 Å². The molecule has 6 heteroatoms. The molecule has 1 N–H and O–H groups in total. The summed E-state index contributed by atoms with van der Waals surface area (Å²) in [5.74, 6) is -0.697. The normalized spacial score (nSPS) is 21.4. The first-order valence-electron chi connectivity index (χ1n) is 8.29. The van der Waals surface area contributed by atoms with Gasteiger partial charge in [0.2, 0.25) is 11.8 Å². The van der Waals surface area contributed by atoms with Gasteiger partial charge in [-0.15, -0.1) is 11.3 Å². The van der Waals surface area contributed by atoms with Gasteiger partial charge >= 0.3 is 0 Å². The summed E-state index contributed by atoms with van der Waals surface area (Å²) in [7, 11) is 1.75. The smallest absolute Gasteiger partial charge is 0.226 e. The molecule has 2 aromatic rings. The molecule has 1 aromatic heterocycles. The summed E-state index contributed by atoms with van der Waals surface area (Å²) < 4.78 is 13.0. The first-order chi connectivity index (χ1) is 12.0. The van der Waals surface area contributed by atoms with Crippen LogP contribution in [0.15, 0.2) is 41.8 Å². The Morgan fingerprint density at radius 1 is 1.36 bits per heavy atom. The van der Waals surface area contributed by atoms with Gasteiger partial charge in [-0.1, -0.05) is 25.1 Å². The van der Waals surface area contributed by atoms with Crippen LogP contribution in [0, 0.1) is 11.7 Å². The lowest BCUT2D eigenvalue weighted by Crippen LogP contribution is -2.36. The maximum absolute atomic E-state index is 13.0. The Hall–Kier alpha value is -2.21. The lowest BCUT2D eigenvalue weighted by atomic mass is 9.96. The van der Waals surface area contributed by atoms with Crippen LogP contribution in [-0.2, 0) is 9.59 Å². The van der Waals surface area contributed by atoms with Crippen LogP contribution < -0.4 is 5.32 Å². The van der Waals surface area contributed by atoms with Gasteiger partial charge in [-0.05, 0) is 35.1 Å². The zero-order valence-corrected chi connectivity index (χ0v) is 15.1. The van der Waals surface area contributed by atoms with E-state index < -0.39 is 0 Å². The molecule has 0 saturated carbocycles. The molecule has 1 saturated heterocycles. The molecule has 1 aliphatic rings. The largest absolute Gasteiger partial charge is 0.355 e. The highest BCUT2D eigenvalue weighted by Crippen LogP contribution is 2.39. The predicted molar refractivity (Wildman–Crippen MR) is 95.8 cm³/mol. The molecule has 3 unspecified atom stereocenters. The fourth-order valence-electron chi connectivity index (χ4n) is 3.25. The number of hydrogen-bond acceptors (Lipinski definition) is 3. The van der Waals surface area contributed by atoms with E-state index in [9.17, 15) is 14.0 Å². The van der Waals surface area contributed by atoms with Crippen molar-refractivity contribution in [2.45, 2.75) is 25.3 Å². The maximum Gasteiger partial charge on any atom is 0.226 e. The molecule has 0 bridgehead atoms. The van der Waals surface area contributed by atoms with Crippen molar-refractivity contribution < 1.29 is 14.0 Å². The minimum absolute atomic E-state index is 0.00914. The van der Waals surface area contributed by atoms with Crippen molar-refractivity contribution in [2.24, 2.45) is 5.92 Å². The summed E-state index contributed by atoms with van der Waals surface area (Å²) in [6, 6.07) is 10.00. The molecule has 0 radical (unpaired) electrons. The van der Waals surface area contributed by atoms with E-state index in [1.807, 2.05) is 24.4 Å². The molecule has 132 valence electrons. The summed E-state index contributed by atoms with van der Waals surface area (Å²) in [6.07, 6.45) is 0.232. The molecule has 3 atom stereocenters. The number of rotatable bonds is 5. The highest BCUT2D eigenvalue weighted by atomic mass is 32.1. The number of nitrogens with one attached hydrogen (secondary N) is 1. The Balaban J connectivity index is 1.65. The second kappa shape index (κ2) is 7.35. The topological polar surface area (TPSA) is 49.4 Å². The Morgan fingerprint density at radius 2 is 2.08 bits per heavy atom. The average molecular weight is 360 g/mol. The third-order valence-electron chi connectivity index (χ3n) is 4.78. The van der Waals surface area contributed by atoms with Gasteiger partial charge in [0.05, 0.1) is 12.0 Å². The first-order valence-corrected chi connectivity index (χ1v) is 9.17. The van der Waals surface area contributed by atoms with Crippen molar-refractivity contribution in [3.05, 3.63) is 58.0 Å². The molecule has 2 amide bonds. The van der Waals surface area contributed by atoms with Crippen LogP contribution in [0.3, 0.4) is 0 Å². The molecule has 0 spiro atoms. The number of benzene rings is 1. The zero-order chi connectivity index (χ0) is 18.0. The molecule has 1 aromatic carbocycles. The first kappa shape index (κ1) is 17.6. The van der Waals surface area contributed by atoms with Gasteiger partial charge in [0.25, 0.3) is 0 Å². The number of halogens is 1. The van der Waals surface area contributed by atoms with Crippen LogP contribution in [0.25, 0.3) is 0 Å². The van der Waals surface area contributed by atoms with Crippen LogP contribution >= 0.6 is 11.3 Å². The summed E-state index contributed by atoms with van der Waals surface area (Å²) >= 11 is 1.56. The minimum atomic E-state index is -0.378. The van der Waals surface area contributed by atoms with E-state index >= 15 is 0 Å². The van der Waals surface area contributed by atoms with Gasteiger partial charge in [0, 0.05) is 24.9 Å². The molecule has 0 aliphatic carbocycles. The Labute approximate surface area is 150 Å². The van der Waals surface area contributed by atoms with Crippen molar-refractivity contribution >= 4 is 23.2 Å². The molecule has 2 heterocycles. The lowest BCUT2D eigenvalue weighted by molar-refractivity contribution is -0.128. The molecule has 3 rings (SSSR count). The monoisotopic (exact) mass is 360 g/mol. The third kappa shape index (κ3) is 3.74. The molecule has 4 nitrogen and oxygen atoms in total. The Kier molecular flexibility index (Phi) is 5.18. The second-order valence-corrected chi connectivity index (χ2v) is 7.45. The third-order valence-corrected chi connectivity index (χ3v) is 5.72. The van der Waals surface area contributed by atoms with E-state index in [-0.39, 0.29) is 41.9 Å². The zero-order valence-electron chi connectivity index (χ0n) is 14.2. The number of thiophene rings is 1. The number of carbonyl (C=O) groups excluding carboxylic acids is 2. The predicted octanol–water partition coefficient (Wildman–Crippen LogP) is 3.33. The number of amides is 2. The van der Waals surface area contributed by atoms with Crippen molar-refractivity contribution in [1.29, 1.82) is 0 Å². The number of hydrogen-bond donors (Lipinski definition) is 1. The number of carbonyl (C=O) groups is 2. The van der Waals surface area contributed by atoms with E-state index in [1.54, 1.807) is 35.4 Å². The summed E-state index contributed by atoms with van der Waals surface area (Å²) in [6.45, 7) is 2.44. The fourth-order valence-corrected chi connectivity index (χ4v) is 4.18.